The first-order valence-corrected chi connectivity index (χ1v) is 9.95. The molecule has 26 heavy (non-hydrogen) atoms. The van der Waals surface area contributed by atoms with E-state index < -0.39 is 0 Å². The smallest absolute Gasteiger partial charge is 0.251 e. The molecule has 0 N–H and O–H groups in total. The average Bonchev–Trinajstić information content (AvgIpc) is 3.41. The van der Waals surface area contributed by atoms with Crippen molar-refractivity contribution >= 4 is 16.9 Å². The quantitative estimate of drug-likeness (QED) is 0.850. The summed E-state index contributed by atoms with van der Waals surface area (Å²) in [7, 11) is 0. The molecule has 0 spiro atoms. The number of piperidine rings is 1. The predicted molar refractivity (Wildman–Crippen MR) is 99.0 cm³/mol. The Labute approximate surface area is 153 Å². The molecule has 3 aliphatic rings. The van der Waals surface area contributed by atoms with Crippen LogP contribution in [0.25, 0.3) is 11.0 Å². The number of ether oxygens (including phenoxy) is 1. The summed E-state index contributed by atoms with van der Waals surface area (Å²) in [5.41, 5.74) is 3.33. The molecule has 2 aromatic rings. The molecule has 2 aromatic heterocycles. The fraction of sp³-hybridized carbons (Fsp3) is 0.571. The van der Waals surface area contributed by atoms with Crippen LogP contribution >= 0.6 is 0 Å². The zero-order valence-corrected chi connectivity index (χ0v) is 15.1. The molecule has 0 radical (unpaired) electrons. The highest BCUT2D eigenvalue weighted by atomic mass is 16.5. The van der Waals surface area contributed by atoms with E-state index in [9.17, 15) is 4.79 Å². The molecule has 5 heteroatoms. The first-order chi connectivity index (χ1) is 12.8. The molecule has 1 amide bonds. The highest BCUT2D eigenvalue weighted by Crippen LogP contribution is 2.40. The molecule has 136 valence electrons. The highest BCUT2D eigenvalue weighted by Gasteiger charge is 2.31. The molecule has 1 saturated carbocycles. The van der Waals surface area contributed by atoms with Crippen LogP contribution in [0.2, 0.25) is 0 Å². The van der Waals surface area contributed by atoms with Gasteiger partial charge in [0.25, 0.3) is 5.91 Å². The molecule has 1 unspecified atom stereocenters. The van der Waals surface area contributed by atoms with E-state index in [1.54, 1.807) is 0 Å². The third kappa shape index (κ3) is 3.09. The second kappa shape index (κ2) is 6.62. The van der Waals surface area contributed by atoms with Gasteiger partial charge in [-0.05, 0) is 68.2 Å². The first-order valence-electron chi connectivity index (χ1n) is 9.95. The van der Waals surface area contributed by atoms with E-state index in [4.69, 9.17) is 9.72 Å². The van der Waals surface area contributed by atoms with E-state index >= 15 is 0 Å². The number of carbonyl (C=O) groups excluding carboxylic acids is 1. The van der Waals surface area contributed by atoms with Crippen LogP contribution in [0, 0.1) is 0 Å². The summed E-state index contributed by atoms with van der Waals surface area (Å²) >= 11 is 0. The zero-order valence-electron chi connectivity index (χ0n) is 15.1. The maximum atomic E-state index is 12.5. The molecule has 0 aromatic carbocycles. The maximum absolute atomic E-state index is 12.5. The minimum absolute atomic E-state index is 0.182. The van der Waals surface area contributed by atoms with Crippen LogP contribution in [0.3, 0.4) is 0 Å². The Balaban J connectivity index is 1.27. The molecular weight excluding hydrogens is 326 g/mol. The Hall–Kier alpha value is -2.01. The van der Waals surface area contributed by atoms with Gasteiger partial charge in [0.15, 0.2) is 5.65 Å². The van der Waals surface area contributed by atoms with Gasteiger partial charge in [-0.25, -0.2) is 9.97 Å². The lowest BCUT2D eigenvalue weighted by Crippen LogP contribution is -2.43. The van der Waals surface area contributed by atoms with E-state index in [0.717, 1.165) is 68.0 Å². The van der Waals surface area contributed by atoms with Crippen LogP contribution in [0.5, 0.6) is 0 Å². The molecule has 5 nitrogen and oxygen atoms in total. The van der Waals surface area contributed by atoms with Gasteiger partial charge in [0, 0.05) is 42.9 Å². The van der Waals surface area contributed by atoms with E-state index in [0.29, 0.717) is 5.92 Å². The van der Waals surface area contributed by atoms with Gasteiger partial charge in [0.05, 0.1) is 0 Å². The Morgan fingerprint density at radius 1 is 1.08 bits per heavy atom. The van der Waals surface area contributed by atoms with Gasteiger partial charge < -0.3 is 9.64 Å². The average molecular weight is 351 g/mol. The van der Waals surface area contributed by atoms with Crippen molar-refractivity contribution in [1.29, 1.82) is 0 Å². The van der Waals surface area contributed by atoms with Gasteiger partial charge in [0.2, 0.25) is 0 Å². The molecular formula is C21H25N3O2. The monoisotopic (exact) mass is 351 g/mol. The van der Waals surface area contributed by atoms with Crippen molar-refractivity contribution in [3.05, 3.63) is 35.7 Å². The molecule has 0 bridgehead atoms. The molecule has 3 fully saturated rings. The third-order valence-corrected chi connectivity index (χ3v) is 6.06. The van der Waals surface area contributed by atoms with Crippen molar-refractivity contribution in [3.63, 3.8) is 0 Å². The minimum atomic E-state index is -0.199. The summed E-state index contributed by atoms with van der Waals surface area (Å²) in [6.07, 6.45) is 8.20. The first kappa shape index (κ1) is 16.2. The van der Waals surface area contributed by atoms with Gasteiger partial charge in [-0.3, -0.25) is 4.79 Å². The highest BCUT2D eigenvalue weighted by molar-refractivity contribution is 5.81. The van der Waals surface area contributed by atoms with E-state index in [-0.39, 0.29) is 12.0 Å². The van der Waals surface area contributed by atoms with Crippen molar-refractivity contribution in [3.8, 4) is 0 Å². The lowest BCUT2D eigenvalue weighted by atomic mass is 9.92. The maximum Gasteiger partial charge on any atom is 0.251 e. The number of hydrogen-bond acceptors (Lipinski definition) is 4. The predicted octanol–water partition coefficient (Wildman–Crippen LogP) is 3.39. The van der Waals surface area contributed by atoms with Gasteiger partial charge in [0.1, 0.15) is 6.10 Å². The Bertz CT molecular complexity index is 819. The summed E-state index contributed by atoms with van der Waals surface area (Å²) in [5, 5.41) is 1.14. The molecule has 1 atom stereocenters. The number of amides is 1. The van der Waals surface area contributed by atoms with Crippen LogP contribution in [0.4, 0.5) is 0 Å². The fourth-order valence-corrected chi connectivity index (χ4v) is 4.28. The van der Waals surface area contributed by atoms with E-state index in [2.05, 4.69) is 23.2 Å². The Morgan fingerprint density at radius 2 is 1.92 bits per heavy atom. The van der Waals surface area contributed by atoms with E-state index in [1.165, 1.54) is 18.4 Å². The van der Waals surface area contributed by atoms with Crippen LogP contribution in [-0.4, -0.2) is 46.6 Å². The van der Waals surface area contributed by atoms with Crippen LogP contribution in [0.15, 0.2) is 24.4 Å². The zero-order chi connectivity index (χ0) is 17.5. The Kier molecular flexibility index (Phi) is 4.12. The normalized spacial score (nSPS) is 24.3. The standard InChI is InChI=1S/C21H25N3O2/c25-21(19-2-1-11-26-19)24-9-7-15(8-10-24)18-6-5-16-12-17(14-3-4-14)13-22-20(16)23-18/h5-6,12-15,19H,1-4,7-11H2. The number of pyridine rings is 2. The summed E-state index contributed by atoms with van der Waals surface area (Å²) < 4.78 is 5.55. The number of hydrogen-bond donors (Lipinski definition) is 0. The van der Waals surface area contributed by atoms with Crippen molar-refractivity contribution in [1.82, 2.24) is 14.9 Å². The largest absolute Gasteiger partial charge is 0.368 e. The van der Waals surface area contributed by atoms with Crippen LogP contribution in [0.1, 0.15) is 61.6 Å². The second-order valence-electron chi connectivity index (χ2n) is 7.93. The molecule has 2 aliphatic heterocycles. The molecule has 5 rings (SSSR count). The number of likely N-dealkylation sites (tertiary alicyclic amines) is 1. The lowest BCUT2D eigenvalue weighted by Gasteiger charge is -2.33. The molecule has 4 heterocycles. The van der Waals surface area contributed by atoms with Gasteiger partial charge in [-0.15, -0.1) is 0 Å². The van der Waals surface area contributed by atoms with Crippen LogP contribution < -0.4 is 0 Å². The summed E-state index contributed by atoms with van der Waals surface area (Å²) in [6, 6.07) is 6.57. The van der Waals surface area contributed by atoms with Crippen molar-refractivity contribution in [2.24, 2.45) is 0 Å². The second-order valence-corrected chi connectivity index (χ2v) is 7.93. The van der Waals surface area contributed by atoms with Crippen molar-refractivity contribution < 1.29 is 9.53 Å². The van der Waals surface area contributed by atoms with Gasteiger partial charge in [-0.1, -0.05) is 0 Å². The van der Waals surface area contributed by atoms with Crippen molar-refractivity contribution in [2.45, 2.75) is 56.5 Å². The number of fused-ring (bicyclic) bond motifs is 1. The summed E-state index contributed by atoms with van der Waals surface area (Å²) in [5.74, 6) is 1.32. The van der Waals surface area contributed by atoms with Gasteiger partial charge >= 0.3 is 0 Å². The molecule has 2 saturated heterocycles. The van der Waals surface area contributed by atoms with E-state index in [1.807, 2.05) is 11.1 Å². The number of aromatic nitrogens is 2. The Morgan fingerprint density at radius 3 is 2.65 bits per heavy atom. The third-order valence-electron chi connectivity index (χ3n) is 6.06. The minimum Gasteiger partial charge on any atom is -0.368 e. The topological polar surface area (TPSA) is 55.3 Å². The van der Waals surface area contributed by atoms with Crippen LogP contribution in [-0.2, 0) is 9.53 Å². The summed E-state index contributed by atoms with van der Waals surface area (Å²) in [6.45, 7) is 2.33. The summed E-state index contributed by atoms with van der Waals surface area (Å²) in [4.78, 5) is 23.9. The molecule has 1 aliphatic carbocycles. The lowest BCUT2D eigenvalue weighted by molar-refractivity contribution is -0.142. The number of carbonyl (C=O) groups is 1. The SMILES string of the molecule is O=C(C1CCCO1)N1CCC(c2ccc3cc(C4CC4)cnc3n2)CC1. The number of nitrogens with zero attached hydrogens (tertiary/aromatic N) is 3. The van der Waals surface area contributed by atoms with Gasteiger partial charge in [-0.2, -0.15) is 0 Å². The number of rotatable bonds is 3. The fourth-order valence-electron chi connectivity index (χ4n) is 4.28. The van der Waals surface area contributed by atoms with Crippen molar-refractivity contribution in [2.75, 3.05) is 19.7 Å².